The lowest BCUT2D eigenvalue weighted by Crippen LogP contribution is -2.60. The van der Waals surface area contributed by atoms with Crippen LogP contribution in [0.2, 0.25) is 0 Å². The van der Waals surface area contributed by atoms with Crippen molar-refractivity contribution in [3.8, 4) is 0 Å². The fraction of sp³-hybridized carbons (Fsp3) is 1.00. The summed E-state index contributed by atoms with van der Waals surface area (Å²) in [5.74, 6) is 0. The van der Waals surface area contributed by atoms with E-state index in [-0.39, 0.29) is 0 Å². The average Bonchev–Trinajstić information content (AvgIpc) is 1.62. The van der Waals surface area contributed by atoms with Crippen molar-refractivity contribution in [1.82, 2.24) is 4.90 Å². The van der Waals surface area contributed by atoms with Gasteiger partial charge in [-0.15, -0.1) is 0 Å². The number of hydrogen-bond acceptors (Lipinski definition) is 3. The summed E-state index contributed by atoms with van der Waals surface area (Å²) in [7, 11) is 1.99. The molecule has 1 rings (SSSR count). The van der Waals surface area contributed by atoms with Crippen LogP contribution in [0.5, 0.6) is 0 Å². The lowest BCUT2D eigenvalue weighted by Gasteiger charge is -2.44. The van der Waals surface area contributed by atoms with E-state index in [4.69, 9.17) is 5.73 Å². The summed E-state index contributed by atoms with van der Waals surface area (Å²) < 4.78 is 0. The third-order valence-corrected chi connectivity index (χ3v) is 1.74. The van der Waals surface area contributed by atoms with Gasteiger partial charge in [0.1, 0.15) is 0 Å². The second-order valence-corrected chi connectivity index (χ2v) is 2.94. The van der Waals surface area contributed by atoms with Crippen molar-refractivity contribution < 1.29 is 5.11 Å². The molecule has 0 saturated carbocycles. The molecule has 0 aromatic rings. The monoisotopic (exact) mass is 130 g/mol. The van der Waals surface area contributed by atoms with E-state index in [1.165, 1.54) is 0 Å². The van der Waals surface area contributed by atoms with Crippen LogP contribution in [-0.2, 0) is 0 Å². The maximum absolute atomic E-state index is 9.46. The van der Waals surface area contributed by atoms with E-state index >= 15 is 0 Å². The minimum atomic E-state index is -0.455. The van der Waals surface area contributed by atoms with Gasteiger partial charge in [0.15, 0.2) is 0 Å². The molecule has 0 radical (unpaired) electrons. The van der Waals surface area contributed by atoms with E-state index in [0.29, 0.717) is 6.54 Å². The summed E-state index contributed by atoms with van der Waals surface area (Å²) in [6.45, 7) is 2.15. The number of β-amino-alcohol motifs (C(OH)–C–C–N with tert-alkyl or cyclic N) is 1. The molecular weight excluding hydrogens is 116 g/mol. The Balaban J connectivity index is 2.23. The smallest absolute Gasteiger partial charge is 0.0911 e. The van der Waals surface area contributed by atoms with Crippen LogP contribution in [0.4, 0.5) is 0 Å². The second kappa shape index (κ2) is 2.25. The minimum Gasteiger partial charge on any atom is -0.387 e. The van der Waals surface area contributed by atoms with Crippen molar-refractivity contribution in [3.63, 3.8) is 0 Å². The molecule has 0 aromatic heterocycles. The van der Waals surface area contributed by atoms with Crippen molar-refractivity contribution in [3.05, 3.63) is 0 Å². The fourth-order valence-electron chi connectivity index (χ4n) is 1.39. The first kappa shape index (κ1) is 6.99. The van der Waals surface area contributed by atoms with E-state index in [1.807, 2.05) is 7.05 Å². The van der Waals surface area contributed by atoms with Gasteiger partial charge in [-0.05, 0) is 20.0 Å². The summed E-state index contributed by atoms with van der Waals surface area (Å²) in [4.78, 5) is 2.08. The number of hydrogen-bond donors (Lipinski definition) is 2. The van der Waals surface area contributed by atoms with Crippen molar-refractivity contribution in [2.75, 3.05) is 26.7 Å². The zero-order chi connectivity index (χ0) is 6.91. The Hall–Kier alpha value is -0.120. The first-order valence-corrected chi connectivity index (χ1v) is 3.27. The Morgan fingerprint density at radius 3 is 2.56 bits per heavy atom. The molecule has 3 N–H and O–H groups in total. The highest BCUT2D eigenvalue weighted by molar-refractivity contribution is 4.93. The van der Waals surface area contributed by atoms with Crippen LogP contribution >= 0.6 is 0 Å². The van der Waals surface area contributed by atoms with E-state index in [9.17, 15) is 5.11 Å². The molecule has 0 spiro atoms. The Kier molecular flexibility index (Phi) is 1.75. The lowest BCUT2D eigenvalue weighted by molar-refractivity contribution is -0.0891. The van der Waals surface area contributed by atoms with E-state index in [2.05, 4.69) is 4.90 Å². The molecule has 0 amide bonds. The van der Waals surface area contributed by atoms with Gasteiger partial charge in [-0.25, -0.2) is 0 Å². The van der Waals surface area contributed by atoms with Gasteiger partial charge >= 0.3 is 0 Å². The van der Waals surface area contributed by atoms with Gasteiger partial charge in [0.2, 0.25) is 0 Å². The van der Waals surface area contributed by atoms with Gasteiger partial charge in [0, 0.05) is 13.1 Å². The second-order valence-electron chi connectivity index (χ2n) is 2.94. The van der Waals surface area contributed by atoms with Crippen molar-refractivity contribution in [2.24, 2.45) is 5.73 Å². The van der Waals surface area contributed by atoms with E-state index in [0.717, 1.165) is 19.5 Å². The Bertz CT molecular complexity index is 93.7. The highest BCUT2D eigenvalue weighted by Crippen LogP contribution is 2.21. The maximum atomic E-state index is 9.46. The van der Waals surface area contributed by atoms with Crippen LogP contribution in [0.15, 0.2) is 0 Å². The molecule has 1 aliphatic rings. The predicted molar refractivity (Wildman–Crippen MR) is 36.1 cm³/mol. The van der Waals surface area contributed by atoms with Crippen molar-refractivity contribution in [1.29, 1.82) is 0 Å². The zero-order valence-electron chi connectivity index (χ0n) is 5.80. The van der Waals surface area contributed by atoms with Crippen molar-refractivity contribution in [2.45, 2.75) is 12.0 Å². The largest absolute Gasteiger partial charge is 0.387 e. The van der Waals surface area contributed by atoms with Crippen LogP contribution in [-0.4, -0.2) is 42.3 Å². The highest BCUT2D eigenvalue weighted by atomic mass is 16.3. The van der Waals surface area contributed by atoms with Crippen LogP contribution in [0, 0.1) is 0 Å². The van der Waals surface area contributed by atoms with Crippen molar-refractivity contribution >= 4 is 0 Å². The first-order valence-electron chi connectivity index (χ1n) is 3.27. The Labute approximate surface area is 55.5 Å². The first-order chi connectivity index (χ1) is 4.16. The van der Waals surface area contributed by atoms with Crippen LogP contribution < -0.4 is 5.73 Å². The molecule has 0 aliphatic carbocycles. The summed E-state index contributed by atoms with van der Waals surface area (Å²) in [5, 5.41) is 9.46. The number of nitrogens with zero attached hydrogens (tertiary/aromatic N) is 1. The topological polar surface area (TPSA) is 49.5 Å². The summed E-state index contributed by atoms with van der Waals surface area (Å²) in [5.41, 5.74) is 4.84. The summed E-state index contributed by atoms with van der Waals surface area (Å²) in [6, 6.07) is 0. The lowest BCUT2D eigenvalue weighted by atomic mass is 9.91. The summed E-state index contributed by atoms with van der Waals surface area (Å²) in [6.07, 6.45) is 0.733. The molecule has 1 heterocycles. The third-order valence-electron chi connectivity index (χ3n) is 1.74. The van der Waals surface area contributed by atoms with Gasteiger partial charge in [-0.3, -0.25) is 0 Å². The molecule has 3 nitrogen and oxygen atoms in total. The number of aliphatic hydroxyl groups is 1. The normalized spacial score (nSPS) is 25.7. The molecule has 3 heteroatoms. The quantitative estimate of drug-likeness (QED) is 0.504. The van der Waals surface area contributed by atoms with Crippen LogP contribution in [0.1, 0.15) is 6.42 Å². The Morgan fingerprint density at radius 1 is 1.67 bits per heavy atom. The molecule has 1 fully saturated rings. The predicted octanol–water partition coefficient (Wildman–Crippen LogP) is -0.988. The van der Waals surface area contributed by atoms with Crippen LogP contribution in [0.3, 0.4) is 0 Å². The standard InChI is InChI=1S/C6H14N2O/c1-8-4-6(9,5-8)2-3-7/h9H,2-5,7H2,1H3. The molecule has 54 valence electrons. The number of rotatable bonds is 2. The fourth-order valence-corrected chi connectivity index (χ4v) is 1.39. The third kappa shape index (κ3) is 1.41. The minimum absolute atomic E-state index is 0.455. The molecule has 0 atom stereocenters. The number of likely N-dealkylation sites (N-methyl/N-ethyl adjacent to an activating group) is 1. The molecule has 0 unspecified atom stereocenters. The van der Waals surface area contributed by atoms with E-state index < -0.39 is 5.60 Å². The summed E-state index contributed by atoms with van der Waals surface area (Å²) >= 11 is 0. The maximum Gasteiger partial charge on any atom is 0.0911 e. The van der Waals surface area contributed by atoms with Crippen LogP contribution in [0.25, 0.3) is 0 Å². The van der Waals surface area contributed by atoms with Gasteiger partial charge in [-0.1, -0.05) is 0 Å². The highest BCUT2D eigenvalue weighted by Gasteiger charge is 2.37. The molecular formula is C6H14N2O. The Morgan fingerprint density at radius 2 is 2.22 bits per heavy atom. The molecule has 0 bridgehead atoms. The molecule has 0 aromatic carbocycles. The number of likely N-dealkylation sites (tertiary alicyclic amines) is 1. The van der Waals surface area contributed by atoms with Gasteiger partial charge in [0.25, 0.3) is 0 Å². The molecule has 1 saturated heterocycles. The van der Waals surface area contributed by atoms with E-state index in [1.54, 1.807) is 0 Å². The average molecular weight is 130 g/mol. The zero-order valence-corrected chi connectivity index (χ0v) is 5.80. The van der Waals surface area contributed by atoms with Gasteiger partial charge in [-0.2, -0.15) is 0 Å². The SMILES string of the molecule is CN1CC(O)(CCN)C1. The number of nitrogens with two attached hydrogens (primary N) is 1. The molecule has 9 heavy (non-hydrogen) atoms. The molecule has 1 aliphatic heterocycles. The van der Waals surface area contributed by atoms with Gasteiger partial charge < -0.3 is 15.7 Å². The van der Waals surface area contributed by atoms with Gasteiger partial charge in [0.05, 0.1) is 5.60 Å².